The standard InChI is InChI=1S/C15H26N2Se/c1-5-9-10-14-17(13-8-4)15(18)16(11-6-2)12-7-3/h6-8H,2-5,9-14H2,1H3. The summed E-state index contributed by atoms with van der Waals surface area (Å²) in [5.74, 6) is 0. The molecule has 0 saturated carbocycles. The summed E-state index contributed by atoms with van der Waals surface area (Å²) in [5.41, 5.74) is 0. The van der Waals surface area contributed by atoms with Crippen molar-refractivity contribution >= 4 is 20.2 Å². The Bertz CT molecular complexity index is 264. The van der Waals surface area contributed by atoms with E-state index in [0.717, 1.165) is 30.8 Å². The fourth-order valence-electron chi connectivity index (χ4n) is 1.72. The van der Waals surface area contributed by atoms with E-state index in [1.807, 2.05) is 18.2 Å². The van der Waals surface area contributed by atoms with Crippen molar-refractivity contribution < 1.29 is 0 Å². The summed E-state index contributed by atoms with van der Waals surface area (Å²) in [7, 11) is 0. The molecular weight excluding hydrogens is 287 g/mol. The molecule has 0 radical (unpaired) electrons. The van der Waals surface area contributed by atoms with Gasteiger partial charge in [-0.05, 0) is 0 Å². The predicted octanol–water partition coefficient (Wildman–Crippen LogP) is 2.59. The summed E-state index contributed by atoms with van der Waals surface area (Å²) in [6, 6.07) is 0. The van der Waals surface area contributed by atoms with Crippen LogP contribution in [0.3, 0.4) is 0 Å². The van der Waals surface area contributed by atoms with Crippen molar-refractivity contribution in [2.45, 2.75) is 26.2 Å². The third kappa shape index (κ3) is 6.83. The molecular formula is C15H26N2Se. The third-order valence-corrected chi connectivity index (χ3v) is 3.70. The summed E-state index contributed by atoms with van der Waals surface area (Å²) in [6.45, 7) is 17.3. The Labute approximate surface area is 120 Å². The molecule has 0 rings (SSSR count). The van der Waals surface area contributed by atoms with Crippen LogP contribution >= 0.6 is 0 Å². The second kappa shape index (κ2) is 11.3. The van der Waals surface area contributed by atoms with E-state index in [-0.39, 0.29) is 0 Å². The van der Waals surface area contributed by atoms with Gasteiger partial charge in [0.2, 0.25) is 0 Å². The van der Waals surface area contributed by atoms with Crippen LogP contribution in [0.4, 0.5) is 0 Å². The molecule has 0 aliphatic rings. The van der Waals surface area contributed by atoms with E-state index in [1.54, 1.807) is 0 Å². The van der Waals surface area contributed by atoms with Crippen LogP contribution in [-0.4, -0.2) is 56.2 Å². The van der Waals surface area contributed by atoms with Gasteiger partial charge in [-0.3, -0.25) is 0 Å². The van der Waals surface area contributed by atoms with E-state index in [4.69, 9.17) is 0 Å². The first kappa shape index (κ1) is 17.2. The van der Waals surface area contributed by atoms with Gasteiger partial charge in [0.25, 0.3) is 0 Å². The van der Waals surface area contributed by atoms with E-state index < -0.39 is 0 Å². The van der Waals surface area contributed by atoms with Gasteiger partial charge in [-0.25, -0.2) is 0 Å². The van der Waals surface area contributed by atoms with Crippen LogP contribution < -0.4 is 0 Å². The van der Waals surface area contributed by atoms with Crippen molar-refractivity contribution in [1.82, 2.24) is 9.80 Å². The Morgan fingerprint density at radius 1 is 0.944 bits per heavy atom. The third-order valence-electron chi connectivity index (χ3n) is 2.62. The van der Waals surface area contributed by atoms with Crippen molar-refractivity contribution in [3.8, 4) is 0 Å². The predicted molar refractivity (Wildman–Crippen MR) is 84.0 cm³/mol. The zero-order chi connectivity index (χ0) is 13.8. The molecule has 0 fully saturated rings. The van der Waals surface area contributed by atoms with Gasteiger partial charge in [-0.2, -0.15) is 0 Å². The normalized spacial score (nSPS) is 9.61. The Morgan fingerprint density at radius 2 is 1.44 bits per heavy atom. The summed E-state index contributed by atoms with van der Waals surface area (Å²) in [6.07, 6.45) is 9.50. The topological polar surface area (TPSA) is 6.48 Å². The molecule has 0 spiro atoms. The monoisotopic (exact) mass is 314 g/mol. The molecule has 2 nitrogen and oxygen atoms in total. The quantitative estimate of drug-likeness (QED) is 0.310. The molecule has 0 aliphatic heterocycles. The van der Waals surface area contributed by atoms with Crippen LogP contribution in [0.15, 0.2) is 38.0 Å². The first-order valence-corrected chi connectivity index (χ1v) is 7.43. The summed E-state index contributed by atoms with van der Waals surface area (Å²) >= 11 is 3.18. The zero-order valence-electron chi connectivity index (χ0n) is 11.6. The van der Waals surface area contributed by atoms with E-state index in [2.05, 4.69) is 52.0 Å². The molecule has 0 heterocycles. The van der Waals surface area contributed by atoms with Gasteiger partial charge in [0.05, 0.1) is 0 Å². The number of unbranched alkanes of at least 4 members (excludes halogenated alkanes) is 2. The summed E-state index contributed by atoms with van der Waals surface area (Å²) in [4.78, 5) is 4.56. The van der Waals surface area contributed by atoms with E-state index in [1.165, 1.54) is 19.3 Å². The van der Waals surface area contributed by atoms with Gasteiger partial charge in [-0.15, -0.1) is 0 Å². The molecule has 0 bridgehead atoms. The van der Waals surface area contributed by atoms with Gasteiger partial charge in [-0.1, -0.05) is 0 Å². The number of hydrogen-bond acceptors (Lipinski definition) is 2. The Morgan fingerprint density at radius 3 is 1.89 bits per heavy atom. The second-order valence-corrected chi connectivity index (χ2v) is 4.97. The molecule has 0 saturated heterocycles. The molecule has 0 amide bonds. The Hall–Kier alpha value is -0.791. The molecule has 0 unspecified atom stereocenters. The minimum absolute atomic E-state index is 0.829. The fourth-order valence-corrected chi connectivity index (χ4v) is 2.38. The van der Waals surface area contributed by atoms with Crippen molar-refractivity contribution in [1.29, 1.82) is 0 Å². The van der Waals surface area contributed by atoms with Crippen molar-refractivity contribution in [3.05, 3.63) is 38.0 Å². The van der Waals surface area contributed by atoms with Crippen LogP contribution in [0.1, 0.15) is 26.2 Å². The molecule has 0 aromatic carbocycles. The molecule has 18 heavy (non-hydrogen) atoms. The number of rotatable bonds is 12. The number of hydrogen-bond donors (Lipinski definition) is 0. The molecule has 102 valence electrons. The van der Waals surface area contributed by atoms with Crippen molar-refractivity contribution in [2.24, 2.45) is 0 Å². The van der Waals surface area contributed by atoms with Gasteiger partial charge < -0.3 is 0 Å². The maximum atomic E-state index is 3.83. The van der Waals surface area contributed by atoms with Gasteiger partial charge >= 0.3 is 120 Å². The molecule has 0 aromatic heterocycles. The molecule has 0 aliphatic carbocycles. The van der Waals surface area contributed by atoms with Gasteiger partial charge in [0.15, 0.2) is 0 Å². The summed E-state index contributed by atoms with van der Waals surface area (Å²) < 4.78 is 1.16. The van der Waals surface area contributed by atoms with Crippen LogP contribution in [0, 0.1) is 0 Å². The van der Waals surface area contributed by atoms with Crippen LogP contribution in [0.25, 0.3) is 0 Å². The van der Waals surface area contributed by atoms with Crippen LogP contribution in [0.5, 0.6) is 0 Å². The van der Waals surface area contributed by atoms with Crippen LogP contribution in [0.2, 0.25) is 0 Å². The van der Waals surface area contributed by atoms with E-state index in [0.29, 0.717) is 0 Å². The van der Waals surface area contributed by atoms with Gasteiger partial charge in [0, 0.05) is 0 Å². The molecule has 0 atom stereocenters. The Balaban J connectivity index is 4.51. The average molecular weight is 313 g/mol. The average Bonchev–Trinajstić information content (AvgIpc) is 2.37. The second-order valence-electron chi connectivity index (χ2n) is 4.21. The number of nitrogens with zero attached hydrogens (tertiary/aromatic N) is 2. The van der Waals surface area contributed by atoms with Crippen molar-refractivity contribution in [2.75, 3.05) is 26.2 Å². The molecule has 0 aromatic rings. The van der Waals surface area contributed by atoms with Crippen molar-refractivity contribution in [3.63, 3.8) is 0 Å². The zero-order valence-corrected chi connectivity index (χ0v) is 13.3. The molecule has 0 N–H and O–H groups in total. The van der Waals surface area contributed by atoms with E-state index >= 15 is 0 Å². The van der Waals surface area contributed by atoms with E-state index in [9.17, 15) is 0 Å². The minimum atomic E-state index is 0.829. The van der Waals surface area contributed by atoms with Gasteiger partial charge in [0.1, 0.15) is 0 Å². The maximum absolute atomic E-state index is 3.83. The first-order chi connectivity index (χ1) is 8.71. The summed E-state index contributed by atoms with van der Waals surface area (Å²) in [5, 5.41) is 0. The Kier molecular flexibility index (Phi) is 10.8. The van der Waals surface area contributed by atoms with Crippen LogP contribution in [-0.2, 0) is 0 Å². The first-order valence-electron chi connectivity index (χ1n) is 6.57. The SMILES string of the molecule is C=CCN(CC=C)C(=[Se])N(CC=C)CCCCC. The molecule has 3 heteroatoms. The fraction of sp³-hybridized carbons (Fsp3) is 0.533.